The molecule has 1 aliphatic rings. The van der Waals surface area contributed by atoms with E-state index < -0.39 is 0 Å². The van der Waals surface area contributed by atoms with Crippen molar-refractivity contribution in [1.82, 2.24) is 30.1 Å². The number of nitrogens with zero attached hydrogens (tertiary/aromatic N) is 4. The highest BCUT2D eigenvalue weighted by Crippen LogP contribution is 2.34. The van der Waals surface area contributed by atoms with Crippen molar-refractivity contribution in [1.29, 1.82) is 0 Å². The summed E-state index contributed by atoms with van der Waals surface area (Å²) in [5.41, 5.74) is 8.20. The molecule has 6 aromatic rings. The summed E-state index contributed by atoms with van der Waals surface area (Å²) in [5.74, 6) is 0.156. The fourth-order valence-electron chi connectivity index (χ4n) is 5.33. The predicted octanol–water partition coefficient (Wildman–Crippen LogP) is 6.34. The maximum atomic E-state index is 12.7. The van der Waals surface area contributed by atoms with Crippen molar-refractivity contribution in [2.75, 3.05) is 5.32 Å². The summed E-state index contributed by atoms with van der Waals surface area (Å²) in [6.07, 6.45) is 15.8. The lowest BCUT2D eigenvalue weighted by Crippen LogP contribution is -2.24. The van der Waals surface area contributed by atoms with Crippen molar-refractivity contribution in [2.45, 2.75) is 32.1 Å². The number of anilines is 1. The van der Waals surface area contributed by atoms with E-state index in [1.165, 1.54) is 6.42 Å². The Hall–Kier alpha value is -4.79. The number of hydrogen-bond donors (Lipinski definition) is 3. The summed E-state index contributed by atoms with van der Waals surface area (Å²) < 4.78 is 5.28. The van der Waals surface area contributed by atoms with Crippen LogP contribution in [0.25, 0.3) is 55.7 Å². The van der Waals surface area contributed by atoms with Crippen molar-refractivity contribution >= 4 is 33.5 Å². The number of H-pyrrole nitrogens is 2. The van der Waals surface area contributed by atoms with Crippen LogP contribution in [0.2, 0.25) is 0 Å². The molecule has 0 atom stereocenters. The normalized spacial score (nSPS) is 14.3. The van der Waals surface area contributed by atoms with Crippen LogP contribution in [0, 0.1) is 5.92 Å². The highest BCUT2D eigenvalue weighted by Gasteiger charge is 2.21. The van der Waals surface area contributed by atoms with Crippen molar-refractivity contribution in [3.8, 4) is 33.8 Å². The number of aromatic nitrogens is 6. The van der Waals surface area contributed by atoms with Gasteiger partial charge in [-0.25, -0.2) is 4.98 Å². The largest absolute Gasteiger partial charge is 0.472 e. The zero-order valence-electron chi connectivity index (χ0n) is 20.6. The van der Waals surface area contributed by atoms with E-state index in [1.54, 1.807) is 31.1 Å². The predicted molar refractivity (Wildman–Crippen MR) is 145 cm³/mol. The first-order chi connectivity index (χ1) is 18.7. The third-order valence-electron chi connectivity index (χ3n) is 7.32. The number of furan rings is 1. The smallest absolute Gasteiger partial charge is 0.227 e. The number of nitrogens with one attached hydrogen (secondary N) is 3. The van der Waals surface area contributed by atoms with Gasteiger partial charge >= 0.3 is 0 Å². The number of hydrogen-bond acceptors (Lipinski definition) is 6. The second-order valence-corrected chi connectivity index (χ2v) is 9.79. The molecule has 1 fully saturated rings. The standard InChI is InChI=1S/C29H25N7O2/c37-29(17-4-2-1-3-5-17)32-20-10-19(12-30-13-20)23-6-7-24-27(34-23)28(36-35-24)25-11-21-22(18-8-9-38-16-18)14-31-15-26(21)33-25/h6-17,33H,1-5H2,(H,32,37)(H,35,36). The molecule has 188 valence electrons. The Morgan fingerprint density at radius 2 is 1.84 bits per heavy atom. The number of carbonyl (C=O) groups excluding carboxylic acids is 1. The van der Waals surface area contributed by atoms with Crippen LogP contribution >= 0.6 is 0 Å². The van der Waals surface area contributed by atoms with Crippen LogP contribution in [0.5, 0.6) is 0 Å². The second kappa shape index (κ2) is 9.26. The molecule has 0 aromatic carbocycles. The first-order valence-electron chi connectivity index (χ1n) is 12.8. The molecule has 1 aliphatic carbocycles. The van der Waals surface area contributed by atoms with Crippen molar-refractivity contribution in [2.24, 2.45) is 5.92 Å². The average molecular weight is 504 g/mol. The topological polar surface area (TPSA) is 125 Å². The fraction of sp³-hybridized carbons (Fsp3) is 0.207. The highest BCUT2D eigenvalue weighted by molar-refractivity contribution is 6.00. The molecular weight excluding hydrogens is 478 g/mol. The van der Waals surface area contributed by atoms with Crippen LogP contribution in [0.4, 0.5) is 5.69 Å². The molecule has 6 aromatic heterocycles. The van der Waals surface area contributed by atoms with Gasteiger partial charge in [-0.15, -0.1) is 0 Å². The second-order valence-electron chi connectivity index (χ2n) is 9.79. The van der Waals surface area contributed by atoms with E-state index in [0.29, 0.717) is 11.4 Å². The summed E-state index contributed by atoms with van der Waals surface area (Å²) in [5, 5.41) is 11.7. The van der Waals surface area contributed by atoms with Gasteiger partial charge in [0.05, 0.1) is 53.0 Å². The Morgan fingerprint density at radius 3 is 2.71 bits per heavy atom. The lowest BCUT2D eigenvalue weighted by atomic mass is 9.88. The van der Waals surface area contributed by atoms with E-state index in [0.717, 1.165) is 75.7 Å². The van der Waals surface area contributed by atoms with Gasteiger partial charge in [0.15, 0.2) is 0 Å². The van der Waals surface area contributed by atoms with Crippen LogP contribution in [0.3, 0.4) is 0 Å². The molecule has 3 N–H and O–H groups in total. The van der Waals surface area contributed by atoms with E-state index in [9.17, 15) is 4.79 Å². The molecule has 0 radical (unpaired) electrons. The van der Waals surface area contributed by atoms with Crippen LogP contribution < -0.4 is 5.32 Å². The molecule has 0 aliphatic heterocycles. The Labute approximate surface area is 217 Å². The van der Waals surface area contributed by atoms with E-state index >= 15 is 0 Å². The number of carbonyl (C=O) groups is 1. The minimum absolute atomic E-state index is 0.0762. The van der Waals surface area contributed by atoms with Crippen LogP contribution in [0.1, 0.15) is 32.1 Å². The number of rotatable bonds is 5. The maximum Gasteiger partial charge on any atom is 0.227 e. The monoisotopic (exact) mass is 503 g/mol. The minimum atomic E-state index is 0.0762. The molecule has 0 bridgehead atoms. The molecular formula is C29H25N7O2. The molecule has 0 unspecified atom stereocenters. The number of aromatic amines is 2. The Kier molecular flexibility index (Phi) is 5.46. The Balaban J connectivity index is 1.23. The van der Waals surface area contributed by atoms with E-state index in [2.05, 4.69) is 36.5 Å². The number of amides is 1. The van der Waals surface area contributed by atoms with Gasteiger partial charge in [-0.3, -0.25) is 19.9 Å². The quantitative estimate of drug-likeness (QED) is 0.252. The zero-order valence-corrected chi connectivity index (χ0v) is 20.6. The third-order valence-corrected chi connectivity index (χ3v) is 7.32. The molecule has 7 rings (SSSR count). The molecule has 6 heterocycles. The van der Waals surface area contributed by atoms with Gasteiger partial charge in [-0.2, -0.15) is 5.10 Å². The van der Waals surface area contributed by atoms with Crippen molar-refractivity contribution < 1.29 is 9.21 Å². The average Bonchev–Trinajstić information content (AvgIpc) is 3.73. The molecule has 9 heteroatoms. The summed E-state index contributed by atoms with van der Waals surface area (Å²) in [6, 6.07) is 9.79. The van der Waals surface area contributed by atoms with Gasteiger partial charge in [0.1, 0.15) is 11.2 Å². The Bertz CT molecular complexity index is 1760. The van der Waals surface area contributed by atoms with E-state index in [1.807, 2.05) is 30.5 Å². The Morgan fingerprint density at radius 1 is 0.947 bits per heavy atom. The fourth-order valence-corrected chi connectivity index (χ4v) is 5.33. The minimum Gasteiger partial charge on any atom is -0.472 e. The molecule has 0 spiro atoms. The first kappa shape index (κ1) is 22.4. The highest BCUT2D eigenvalue weighted by atomic mass is 16.3. The summed E-state index contributed by atoms with van der Waals surface area (Å²) in [4.78, 5) is 29.9. The molecule has 0 saturated heterocycles. The third kappa shape index (κ3) is 4.02. The zero-order chi connectivity index (χ0) is 25.5. The van der Waals surface area contributed by atoms with Crippen LogP contribution in [-0.4, -0.2) is 36.0 Å². The van der Waals surface area contributed by atoms with E-state index in [4.69, 9.17) is 9.40 Å². The summed E-state index contributed by atoms with van der Waals surface area (Å²) >= 11 is 0. The van der Waals surface area contributed by atoms with Crippen LogP contribution in [-0.2, 0) is 4.79 Å². The number of pyridine rings is 3. The van der Waals surface area contributed by atoms with Crippen molar-refractivity contribution in [3.05, 3.63) is 67.6 Å². The van der Waals surface area contributed by atoms with Gasteiger partial charge in [0.25, 0.3) is 0 Å². The summed E-state index contributed by atoms with van der Waals surface area (Å²) in [6.45, 7) is 0. The van der Waals surface area contributed by atoms with Gasteiger partial charge in [-0.1, -0.05) is 19.3 Å². The van der Waals surface area contributed by atoms with Crippen molar-refractivity contribution in [3.63, 3.8) is 0 Å². The first-order valence-corrected chi connectivity index (χ1v) is 12.8. The maximum absolute atomic E-state index is 12.7. The van der Waals surface area contributed by atoms with Gasteiger partial charge < -0.3 is 14.7 Å². The molecule has 9 nitrogen and oxygen atoms in total. The summed E-state index contributed by atoms with van der Waals surface area (Å²) in [7, 11) is 0. The van der Waals surface area contributed by atoms with Gasteiger partial charge in [-0.05, 0) is 43.2 Å². The number of fused-ring (bicyclic) bond motifs is 2. The SMILES string of the molecule is O=C(Nc1cncc(-c2ccc3[nH]nc(-c4cc5c(-c6ccoc6)cncc5[nH]4)c3n2)c1)C1CCCCC1. The lowest BCUT2D eigenvalue weighted by Gasteiger charge is -2.20. The molecule has 1 amide bonds. The van der Waals surface area contributed by atoms with Crippen LogP contribution in [0.15, 0.2) is 72.1 Å². The van der Waals surface area contributed by atoms with Gasteiger partial charge in [0, 0.05) is 40.4 Å². The molecule has 1 saturated carbocycles. The molecule has 38 heavy (non-hydrogen) atoms. The van der Waals surface area contributed by atoms with Gasteiger partial charge in [0.2, 0.25) is 5.91 Å². The lowest BCUT2D eigenvalue weighted by molar-refractivity contribution is -0.120. The van der Waals surface area contributed by atoms with E-state index in [-0.39, 0.29) is 11.8 Å².